The number of hydrogen-bond donors (Lipinski definition) is 9. The van der Waals surface area contributed by atoms with Crippen LogP contribution in [0, 0.1) is 5.92 Å². The molecule has 66 heavy (non-hydrogen) atoms. The number of carbonyl (C=O) groups is 7. The Kier molecular flexibility index (Phi) is 22.6. The summed E-state index contributed by atoms with van der Waals surface area (Å²) in [7, 11) is 0. The third-order valence-corrected chi connectivity index (χ3v) is 13.1. The molecule has 19 nitrogen and oxygen atoms in total. The van der Waals surface area contributed by atoms with Gasteiger partial charge < -0.3 is 58.5 Å². The van der Waals surface area contributed by atoms with E-state index in [4.69, 9.17) is 17.2 Å². The summed E-state index contributed by atoms with van der Waals surface area (Å²) < 4.78 is 0. The topological polar surface area (TPSA) is 305 Å². The number of nitrogens with zero attached hydrogens (tertiary/aromatic N) is 3. The Morgan fingerprint density at radius 3 is 2.09 bits per heavy atom. The summed E-state index contributed by atoms with van der Waals surface area (Å²) in [6, 6.07) is 2.56. The summed E-state index contributed by atoms with van der Waals surface area (Å²) in [4.78, 5) is 98.9. The fourth-order valence-electron chi connectivity index (χ4n) is 9.65. The molecule has 1 saturated heterocycles. The van der Waals surface area contributed by atoms with Crippen LogP contribution in [0.1, 0.15) is 140 Å². The van der Waals surface area contributed by atoms with Crippen LogP contribution in [0.2, 0.25) is 0 Å². The van der Waals surface area contributed by atoms with E-state index in [2.05, 4.69) is 26.3 Å². The largest absolute Gasteiger partial charge is 0.480 e. The number of aliphatic hydroxyl groups excluding tert-OH is 1. The van der Waals surface area contributed by atoms with Crippen molar-refractivity contribution in [3.05, 3.63) is 35.4 Å². The molecule has 0 aromatic heterocycles. The van der Waals surface area contributed by atoms with Crippen molar-refractivity contribution in [3.8, 4) is 0 Å². The number of guanidine groups is 1. The number of likely N-dealkylation sites (tertiary alicyclic amines) is 1. The average molecular weight is 925 g/mol. The van der Waals surface area contributed by atoms with Crippen molar-refractivity contribution in [2.24, 2.45) is 28.1 Å². The highest BCUT2D eigenvalue weighted by molar-refractivity contribution is 5.95. The van der Waals surface area contributed by atoms with Gasteiger partial charge in [-0.15, -0.1) is 0 Å². The van der Waals surface area contributed by atoms with Crippen LogP contribution in [-0.4, -0.2) is 130 Å². The molecule has 1 saturated carbocycles. The molecule has 0 unspecified atom stereocenters. The number of aliphatic imine (C=N–C) groups is 1. The highest BCUT2D eigenvalue weighted by Gasteiger charge is 2.51. The van der Waals surface area contributed by atoms with Gasteiger partial charge in [0, 0.05) is 45.4 Å². The van der Waals surface area contributed by atoms with E-state index in [9.17, 15) is 43.8 Å². The number of amides is 6. The second-order valence-electron chi connectivity index (χ2n) is 18.1. The standard InChI is InChI=1S/C47H76N10O9/c1-31(59)53-36(20-13-14-24-48)43(62)55-35(21-16-26-52-47(49)50)42(61)51-25-15-7-5-3-2-4-6-8-23-41(60)54-37(30-58)44(63)56-29-34-19-10-9-17-32(34)27-39(56)45(64)57-38-22-12-11-18-33(38)28-40(57)46(65)66/h9-10,17,19,33,35-40,58H,2-8,11-16,18,20-30,48H2,1H3,(H,51,61)(H,53,59)(H,54,60)(H,55,62)(H,65,66)(H4,49,50,52)/t33-,35-,36-,37-,38-,39+,40-/m0/s1. The highest BCUT2D eigenvalue weighted by Crippen LogP contribution is 2.41. The Bertz CT molecular complexity index is 1810. The van der Waals surface area contributed by atoms with E-state index in [0.717, 1.165) is 81.8 Å². The van der Waals surface area contributed by atoms with Crippen LogP contribution in [0.5, 0.6) is 0 Å². The van der Waals surface area contributed by atoms with Crippen molar-refractivity contribution in [2.75, 3.05) is 26.2 Å². The Hall–Kier alpha value is -5.30. The molecule has 0 spiro atoms. The van der Waals surface area contributed by atoms with Gasteiger partial charge in [0.1, 0.15) is 30.2 Å². The number of rotatable bonds is 28. The fraction of sp³-hybridized carbons (Fsp3) is 0.702. The second-order valence-corrected chi connectivity index (χ2v) is 18.1. The van der Waals surface area contributed by atoms with Gasteiger partial charge in [-0.05, 0) is 87.8 Å². The van der Waals surface area contributed by atoms with E-state index < -0.39 is 60.5 Å². The Labute approximate surface area is 389 Å². The molecule has 2 heterocycles. The Morgan fingerprint density at radius 2 is 1.42 bits per heavy atom. The van der Waals surface area contributed by atoms with Gasteiger partial charge >= 0.3 is 5.97 Å². The van der Waals surface area contributed by atoms with Crippen LogP contribution in [-0.2, 0) is 46.5 Å². The molecule has 7 atom stereocenters. The van der Waals surface area contributed by atoms with E-state index >= 15 is 0 Å². The number of unbranched alkanes of at least 4 members (excludes halogenated alkanes) is 8. The normalized spacial score (nSPS) is 20.2. The summed E-state index contributed by atoms with van der Waals surface area (Å²) in [5.41, 5.74) is 18.2. The second kappa shape index (κ2) is 28.0. The molecule has 2 aliphatic heterocycles. The molecule has 3 aliphatic rings. The lowest BCUT2D eigenvalue weighted by atomic mass is 9.84. The first-order valence-electron chi connectivity index (χ1n) is 24.2. The summed E-state index contributed by atoms with van der Waals surface area (Å²) in [5, 5.41) is 31.6. The van der Waals surface area contributed by atoms with Crippen molar-refractivity contribution < 1.29 is 43.8 Å². The van der Waals surface area contributed by atoms with E-state index in [0.29, 0.717) is 64.6 Å². The number of fused-ring (bicyclic) bond motifs is 2. The third-order valence-electron chi connectivity index (χ3n) is 13.1. The van der Waals surface area contributed by atoms with Crippen molar-refractivity contribution in [1.29, 1.82) is 0 Å². The van der Waals surface area contributed by atoms with Crippen LogP contribution in [0.25, 0.3) is 0 Å². The molecule has 0 radical (unpaired) electrons. The molecule has 19 heteroatoms. The number of nitrogens with one attached hydrogen (secondary N) is 4. The fourth-order valence-corrected chi connectivity index (χ4v) is 9.65. The first kappa shape index (κ1) is 53.3. The lowest BCUT2D eigenvalue weighted by Crippen LogP contribution is -2.61. The van der Waals surface area contributed by atoms with Crippen LogP contribution in [0.4, 0.5) is 0 Å². The number of hydrogen-bond acceptors (Lipinski definition) is 10. The van der Waals surface area contributed by atoms with Gasteiger partial charge in [0.15, 0.2) is 5.96 Å². The molecular formula is C47H76N10O9. The van der Waals surface area contributed by atoms with Crippen molar-refractivity contribution in [2.45, 2.75) is 178 Å². The van der Waals surface area contributed by atoms with Crippen molar-refractivity contribution in [3.63, 3.8) is 0 Å². The average Bonchev–Trinajstić information content (AvgIpc) is 3.69. The monoisotopic (exact) mass is 925 g/mol. The molecule has 2 fully saturated rings. The van der Waals surface area contributed by atoms with Gasteiger partial charge in [-0.3, -0.25) is 33.8 Å². The zero-order valence-electron chi connectivity index (χ0n) is 38.9. The summed E-state index contributed by atoms with van der Waals surface area (Å²) in [5.74, 6) is -3.43. The number of aliphatic carboxylic acids is 1. The number of nitrogens with two attached hydrogens (primary N) is 3. The highest BCUT2D eigenvalue weighted by atomic mass is 16.4. The van der Waals surface area contributed by atoms with Crippen molar-refractivity contribution >= 4 is 47.4 Å². The van der Waals surface area contributed by atoms with Gasteiger partial charge in [0.2, 0.25) is 35.4 Å². The number of carbonyl (C=O) groups excluding carboxylic acids is 6. The van der Waals surface area contributed by atoms with E-state index in [-0.39, 0.29) is 55.0 Å². The minimum atomic E-state index is -1.25. The van der Waals surface area contributed by atoms with Gasteiger partial charge in [0.25, 0.3) is 0 Å². The number of carboxylic acids is 1. The van der Waals surface area contributed by atoms with Crippen LogP contribution in [0.3, 0.4) is 0 Å². The van der Waals surface area contributed by atoms with Crippen LogP contribution < -0.4 is 38.5 Å². The van der Waals surface area contributed by atoms with Gasteiger partial charge in [-0.1, -0.05) is 75.6 Å². The first-order chi connectivity index (χ1) is 31.7. The maximum Gasteiger partial charge on any atom is 0.326 e. The SMILES string of the molecule is CC(=O)N[C@@H](CCCCN)C(=O)N[C@@H](CCCN=C(N)N)C(=O)NCCCCCCCCCCC(=O)N[C@@H](CO)C(=O)N1Cc2ccccc2C[C@@H]1C(=O)N1[C@H](C(=O)O)C[C@@H]2CCCC[C@@H]21. The van der Waals surface area contributed by atoms with Gasteiger partial charge in [-0.2, -0.15) is 0 Å². The molecule has 1 aromatic carbocycles. The minimum absolute atomic E-state index is 0.0588. The molecule has 6 amide bonds. The molecular weight excluding hydrogens is 849 g/mol. The maximum absolute atomic E-state index is 14.4. The van der Waals surface area contributed by atoms with E-state index in [1.54, 1.807) is 0 Å². The van der Waals surface area contributed by atoms with Crippen molar-refractivity contribution in [1.82, 2.24) is 31.1 Å². The predicted octanol–water partition coefficient (Wildman–Crippen LogP) is 1.46. The van der Waals surface area contributed by atoms with E-state index in [1.807, 2.05) is 24.3 Å². The van der Waals surface area contributed by atoms with Crippen LogP contribution >= 0.6 is 0 Å². The summed E-state index contributed by atoms with van der Waals surface area (Å²) >= 11 is 0. The Balaban J connectivity index is 1.17. The lowest BCUT2D eigenvalue weighted by molar-refractivity contribution is -0.156. The lowest BCUT2D eigenvalue weighted by Gasteiger charge is -2.42. The number of carboxylic acid groups (broad SMARTS) is 1. The van der Waals surface area contributed by atoms with E-state index in [1.165, 1.54) is 16.7 Å². The van der Waals surface area contributed by atoms with Gasteiger partial charge in [-0.25, -0.2) is 4.79 Å². The Morgan fingerprint density at radius 1 is 0.773 bits per heavy atom. The zero-order valence-corrected chi connectivity index (χ0v) is 38.9. The molecule has 1 aliphatic carbocycles. The predicted molar refractivity (Wildman–Crippen MR) is 249 cm³/mol. The first-order valence-corrected chi connectivity index (χ1v) is 24.2. The zero-order chi connectivity index (χ0) is 48.0. The molecule has 0 bridgehead atoms. The molecule has 368 valence electrons. The number of benzene rings is 1. The third kappa shape index (κ3) is 16.5. The minimum Gasteiger partial charge on any atom is -0.480 e. The quantitative estimate of drug-likeness (QED) is 0.0328. The van der Waals surface area contributed by atoms with Gasteiger partial charge in [0.05, 0.1) is 6.61 Å². The molecule has 1 aromatic rings. The summed E-state index contributed by atoms with van der Waals surface area (Å²) in [6.07, 6.45) is 13.6. The smallest absolute Gasteiger partial charge is 0.326 e. The summed E-state index contributed by atoms with van der Waals surface area (Å²) in [6.45, 7) is 2.00. The maximum atomic E-state index is 14.4. The molecule has 12 N–H and O–H groups in total. The van der Waals surface area contributed by atoms with Crippen LogP contribution in [0.15, 0.2) is 29.3 Å². The molecule has 4 rings (SSSR count). The number of aliphatic hydroxyl groups is 1.